The lowest BCUT2D eigenvalue weighted by molar-refractivity contribution is 0.215. The third kappa shape index (κ3) is 2.41. The van der Waals surface area contributed by atoms with Crippen molar-refractivity contribution in [3.63, 3.8) is 0 Å². The van der Waals surface area contributed by atoms with E-state index in [0.717, 1.165) is 29.9 Å². The molecule has 5 nitrogen and oxygen atoms in total. The fourth-order valence-electron chi connectivity index (χ4n) is 3.64. The van der Waals surface area contributed by atoms with Crippen molar-refractivity contribution in [1.82, 2.24) is 5.32 Å². The molecule has 2 atom stereocenters. The standard InChI is InChI=1S/C19H21N3O2/c1-12-5-3-4-6-15(12)22-18(23)24-13-7-8-16-14(11-13)19(2)9-10-20-17(19)21-16/h3-8,11,17,20-21H,9-10H2,1-2H3,(H,22,23)/t17-,19+/m1/s1. The average molecular weight is 323 g/mol. The number of nitrogens with one attached hydrogen (secondary N) is 3. The van der Waals surface area contributed by atoms with Gasteiger partial charge < -0.3 is 10.1 Å². The number of carbonyl (C=O) groups is 1. The van der Waals surface area contributed by atoms with Gasteiger partial charge in [0.2, 0.25) is 0 Å². The van der Waals surface area contributed by atoms with E-state index >= 15 is 0 Å². The van der Waals surface area contributed by atoms with E-state index in [1.54, 1.807) is 0 Å². The molecule has 1 saturated heterocycles. The van der Waals surface area contributed by atoms with Crippen LogP contribution in [0.5, 0.6) is 5.75 Å². The lowest BCUT2D eigenvalue weighted by atomic mass is 9.81. The largest absolute Gasteiger partial charge is 0.417 e. The van der Waals surface area contributed by atoms with Crippen LogP contribution in [0.15, 0.2) is 42.5 Å². The molecule has 2 heterocycles. The van der Waals surface area contributed by atoms with Crippen LogP contribution in [0.3, 0.4) is 0 Å². The summed E-state index contributed by atoms with van der Waals surface area (Å²) in [6.45, 7) is 5.19. The summed E-state index contributed by atoms with van der Waals surface area (Å²) in [5.74, 6) is 0.565. The number of benzene rings is 2. The Kier molecular flexibility index (Phi) is 3.46. The fraction of sp³-hybridized carbons (Fsp3) is 0.316. The van der Waals surface area contributed by atoms with Crippen molar-refractivity contribution in [2.45, 2.75) is 31.8 Å². The number of hydrogen-bond acceptors (Lipinski definition) is 4. The Balaban J connectivity index is 1.52. The van der Waals surface area contributed by atoms with Crippen LogP contribution in [0.4, 0.5) is 16.2 Å². The summed E-state index contributed by atoms with van der Waals surface area (Å²) in [6.07, 6.45) is 0.848. The van der Waals surface area contributed by atoms with Gasteiger partial charge in [-0.25, -0.2) is 4.79 Å². The average Bonchev–Trinajstić information content (AvgIpc) is 3.04. The highest BCUT2D eigenvalue weighted by molar-refractivity contribution is 5.87. The molecular formula is C19H21N3O2. The minimum atomic E-state index is -0.471. The molecule has 2 aliphatic rings. The molecule has 1 amide bonds. The maximum Gasteiger partial charge on any atom is 0.417 e. The Hall–Kier alpha value is -2.53. The van der Waals surface area contributed by atoms with Gasteiger partial charge in [-0.2, -0.15) is 0 Å². The molecule has 0 spiro atoms. The molecule has 4 rings (SSSR count). The highest BCUT2D eigenvalue weighted by Gasteiger charge is 2.46. The SMILES string of the molecule is Cc1ccccc1NC(=O)Oc1ccc2c(c1)[C@]1(C)CCN[C@@H]1N2. The van der Waals surface area contributed by atoms with E-state index in [-0.39, 0.29) is 11.6 Å². The molecule has 0 aliphatic carbocycles. The summed E-state index contributed by atoms with van der Waals surface area (Å²) in [7, 11) is 0. The zero-order chi connectivity index (χ0) is 16.7. The van der Waals surface area contributed by atoms with Crippen molar-refractivity contribution in [3.8, 4) is 5.75 Å². The van der Waals surface area contributed by atoms with Crippen LogP contribution in [0.2, 0.25) is 0 Å². The van der Waals surface area contributed by atoms with Gasteiger partial charge in [0.15, 0.2) is 0 Å². The number of aryl methyl sites for hydroxylation is 1. The van der Waals surface area contributed by atoms with Gasteiger partial charge in [-0.15, -0.1) is 0 Å². The molecule has 5 heteroatoms. The second-order valence-corrected chi connectivity index (χ2v) is 6.74. The number of rotatable bonds is 2. The molecule has 2 aromatic carbocycles. The van der Waals surface area contributed by atoms with Crippen LogP contribution in [0.1, 0.15) is 24.5 Å². The van der Waals surface area contributed by atoms with Gasteiger partial charge in [0, 0.05) is 16.8 Å². The minimum absolute atomic E-state index is 0.0429. The number of ether oxygens (including phenoxy) is 1. The van der Waals surface area contributed by atoms with E-state index in [9.17, 15) is 4.79 Å². The molecule has 0 bridgehead atoms. The highest BCUT2D eigenvalue weighted by Crippen LogP contribution is 2.46. The predicted octanol–water partition coefficient (Wildman–Crippen LogP) is 3.61. The van der Waals surface area contributed by atoms with Gasteiger partial charge in [0.05, 0.1) is 6.17 Å². The molecule has 2 aromatic rings. The Bertz CT molecular complexity index is 805. The summed E-state index contributed by atoms with van der Waals surface area (Å²) in [5, 5.41) is 9.76. The molecule has 0 aromatic heterocycles. The molecule has 0 saturated carbocycles. The van der Waals surface area contributed by atoms with Crippen LogP contribution in [-0.4, -0.2) is 18.8 Å². The second-order valence-electron chi connectivity index (χ2n) is 6.74. The van der Waals surface area contributed by atoms with Crippen LogP contribution in [0, 0.1) is 6.92 Å². The van der Waals surface area contributed by atoms with Gasteiger partial charge in [-0.3, -0.25) is 10.6 Å². The first-order chi connectivity index (χ1) is 11.6. The Morgan fingerprint density at radius 3 is 2.96 bits per heavy atom. The summed E-state index contributed by atoms with van der Waals surface area (Å²) < 4.78 is 5.49. The molecule has 2 aliphatic heterocycles. The number of carbonyl (C=O) groups excluding carboxylic acids is 1. The van der Waals surface area contributed by atoms with Crippen LogP contribution >= 0.6 is 0 Å². The zero-order valence-electron chi connectivity index (χ0n) is 13.8. The third-order valence-corrected chi connectivity index (χ3v) is 5.13. The van der Waals surface area contributed by atoms with Crippen molar-refractivity contribution in [2.75, 3.05) is 17.2 Å². The first-order valence-electron chi connectivity index (χ1n) is 8.25. The smallest absolute Gasteiger partial charge is 0.410 e. The summed E-state index contributed by atoms with van der Waals surface area (Å²) in [6, 6.07) is 13.4. The van der Waals surface area contributed by atoms with Crippen LogP contribution in [0.25, 0.3) is 0 Å². The molecular weight excluding hydrogens is 302 g/mol. The maximum atomic E-state index is 12.2. The lowest BCUT2D eigenvalue weighted by Crippen LogP contribution is -2.38. The first-order valence-corrected chi connectivity index (χ1v) is 8.25. The minimum Gasteiger partial charge on any atom is -0.410 e. The normalized spacial score (nSPS) is 24.0. The van der Waals surface area contributed by atoms with Gasteiger partial charge in [-0.1, -0.05) is 25.1 Å². The second kappa shape index (κ2) is 5.53. The maximum absolute atomic E-state index is 12.2. The van der Waals surface area contributed by atoms with Gasteiger partial charge in [0.25, 0.3) is 0 Å². The van der Waals surface area contributed by atoms with E-state index in [0.29, 0.717) is 5.75 Å². The quantitative estimate of drug-likeness (QED) is 0.790. The van der Waals surface area contributed by atoms with Gasteiger partial charge in [-0.05, 0) is 55.3 Å². The third-order valence-electron chi connectivity index (χ3n) is 5.13. The zero-order valence-corrected chi connectivity index (χ0v) is 13.8. The molecule has 124 valence electrons. The summed E-state index contributed by atoms with van der Waals surface area (Å²) >= 11 is 0. The lowest BCUT2D eigenvalue weighted by Gasteiger charge is -2.23. The van der Waals surface area contributed by atoms with E-state index in [1.165, 1.54) is 5.56 Å². The Morgan fingerprint density at radius 1 is 1.29 bits per heavy atom. The van der Waals surface area contributed by atoms with E-state index in [4.69, 9.17) is 4.74 Å². The van der Waals surface area contributed by atoms with Crippen molar-refractivity contribution < 1.29 is 9.53 Å². The molecule has 0 unspecified atom stereocenters. The van der Waals surface area contributed by atoms with Crippen molar-refractivity contribution in [2.24, 2.45) is 0 Å². The molecule has 0 radical (unpaired) electrons. The summed E-state index contributed by atoms with van der Waals surface area (Å²) in [5.41, 5.74) is 4.12. The van der Waals surface area contributed by atoms with Crippen molar-refractivity contribution >= 4 is 17.5 Å². The summed E-state index contributed by atoms with van der Waals surface area (Å²) in [4.78, 5) is 12.2. The number of hydrogen-bond donors (Lipinski definition) is 3. The van der Waals surface area contributed by atoms with Crippen molar-refractivity contribution in [3.05, 3.63) is 53.6 Å². The highest BCUT2D eigenvalue weighted by atomic mass is 16.6. The molecule has 24 heavy (non-hydrogen) atoms. The first kappa shape index (κ1) is 15.0. The van der Waals surface area contributed by atoms with Gasteiger partial charge >= 0.3 is 6.09 Å². The Labute approximate surface area is 141 Å². The van der Waals surface area contributed by atoms with Crippen LogP contribution < -0.4 is 20.7 Å². The van der Waals surface area contributed by atoms with E-state index in [1.807, 2.05) is 49.4 Å². The predicted molar refractivity (Wildman–Crippen MR) is 94.7 cm³/mol. The fourth-order valence-corrected chi connectivity index (χ4v) is 3.64. The van der Waals surface area contributed by atoms with E-state index < -0.39 is 6.09 Å². The van der Waals surface area contributed by atoms with Crippen molar-refractivity contribution in [1.29, 1.82) is 0 Å². The molecule has 3 N–H and O–H groups in total. The monoisotopic (exact) mass is 323 g/mol. The number of amides is 1. The van der Waals surface area contributed by atoms with E-state index in [2.05, 4.69) is 22.9 Å². The molecule has 1 fully saturated rings. The number of para-hydroxylation sites is 1. The number of fused-ring (bicyclic) bond motifs is 3. The Morgan fingerprint density at radius 2 is 2.12 bits per heavy atom. The topological polar surface area (TPSA) is 62.4 Å². The van der Waals surface area contributed by atoms with Crippen LogP contribution in [-0.2, 0) is 5.41 Å². The number of anilines is 2. The van der Waals surface area contributed by atoms with Gasteiger partial charge in [0.1, 0.15) is 5.75 Å².